The van der Waals surface area contributed by atoms with Crippen LogP contribution in [0.2, 0.25) is 0 Å². The molecular formula is C10H17NO2. The van der Waals surface area contributed by atoms with Crippen molar-refractivity contribution < 1.29 is 9.59 Å². The Labute approximate surface area is 78.9 Å². The summed E-state index contributed by atoms with van der Waals surface area (Å²) < 4.78 is 0. The van der Waals surface area contributed by atoms with Crippen LogP contribution in [0.5, 0.6) is 0 Å². The minimum Gasteiger partial charge on any atom is -0.351 e. The van der Waals surface area contributed by atoms with Crippen molar-refractivity contribution in [2.45, 2.75) is 51.5 Å². The Kier molecular flexibility index (Phi) is 3.07. The maximum Gasteiger partial charge on any atom is 0.220 e. The zero-order chi connectivity index (χ0) is 9.90. The smallest absolute Gasteiger partial charge is 0.220 e. The van der Waals surface area contributed by atoms with Crippen molar-refractivity contribution in [3.8, 4) is 0 Å². The topological polar surface area (TPSA) is 46.2 Å². The van der Waals surface area contributed by atoms with Gasteiger partial charge >= 0.3 is 0 Å². The van der Waals surface area contributed by atoms with Gasteiger partial charge < -0.3 is 10.1 Å². The van der Waals surface area contributed by atoms with Crippen LogP contribution in [0.3, 0.4) is 0 Å². The van der Waals surface area contributed by atoms with E-state index in [2.05, 4.69) is 12.2 Å². The lowest BCUT2D eigenvalue weighted by atomic mass is 9.78. The van der Waals surface area contributed by atoms with E-state index in [1.807, 2.05) is 0 Å². The highest BCUT2D eigenvalue weighted by atomic mass is 16.2. The highest BCUT2D eigenvalue weighted by Crippen LogP contribution is 2.30. The molecule has 0 saturated heterocycles. The number of Topliss-reactive ketones (excluding diaryl/α,β-unsaturated/α-hetero) is 1. The summed E-state index contributed by atoms with van der Waals surface area (Å²) in [6, 6.07) is 0. The average Bonchev–Trinajstić information content (AvgIpc) is 1.98. The summed E-state index contributed by atoms with van der Waals surface area (Å²) in [6.45, 7) is 3.57. The lowest BCUT2D eigenvalue weighted by Crippen LogP contribution is -2.50. The van der Waals surface area contributed by atoms with Gasteiger partial charge in [0.2, 0.25) is 5.91 Å². The molecule has 74 valence electrons. The van der Waals surface area contributed by atoms with Gasteiger partial charge in [-0.1, -0.05) is 0 Å². The number of carbonyl (C=O) groups is 2. The number of ketones is 1. The minimum atomic E-state index is 0.0115. The van der Waals surface area contributed by atoms with Crippen LogP contribution in [0.4, 0.5) is 0 Å². The third kappa shape index (κ3) is 3.17. The van der Waals surface area contributed by atoms with Crippen LogP contribution in [0.1, 0.15) is 46.0 Å². The van der Waals surface area contributed by atoms with Crippen molar-refractivity contribution in [2.24, 2.45) is 0 Å². The lowest BCUT2D eigenvalue weighted by Gasteiger charge is -2.39. The monoisotopic (exact) mass is 183 g/mol. The van der Waals surface area contributed by atoms with E-state index < -0.39 is 0 Å². The zero-order valence-electron chi connectivity index (χ0n) is 8.35. The molecule has 1 N–H and O–H groups in total. The van der Waals surface area contributed by atoms with Crippen LogP contribution in [0.15, 0.2) is 0 Å². The SMILES string of the molecule is CC(=O)CCC(=O)NC1(C)CCC1. The maximum atomic E-state index is 11.3. The second-order valence-electron chi connectivity index (χ2n) is 4.16. The van der Waals surface area contributed by atoms with Crippen molar-refractivity contribution in [1.29, 1.82) is 0 Å². The predicted octanol–water partition coefficient (Wildman–Crippen LogP) is 1.41. The van der Waals surface area contributed by atoms with E-state index >= 15 is 0 Å². The van der Waals surface area contributed by atoms with Gasteiger partial charge in [0.15, 0.2) is 0 Å². The van der Waals surface area contributed by atoms with E-state index in [1.165, 1.54) is 13.3 Å². The van der Waals surface area contributed by atoms with Gasteiger partial charge in [-0.25, -0.2) is 0 Å². The standard InChI is InChI=1S/C10H17NO2/c1-8(12)4-5-9(13)11-10(2)6-3-7-10/h3-7H2,1-2H3,(H,11,13). The molecule has 3 nitrogen and oxygen atoms in total. The van der Waals surface area contributed by atoms with Crippen LogP contribution in [-0.4, -0.2) is 17.2 Å². The second kappa shape index (κ2) is 3.90. The predicted molar refractivity (Wildman–Crippen MR) is 50.3 cm³/mol. The molecule has 0 aromatic carbocycles. The highest BCUT2D eigenvalue weighted by Gasteiger charge is 2.32. The summed E-state index contributed by atoms with van der Waals surface area (Å²) in [5.74, 6) is 0.0892. The molecule has 0 atom stereocenters. The first-order valence-electron chi connectivity index (χ1n) is 4.82. The van der Waals surface area contributed by atoms with Gasteiger partial charge in [0, 0.05) is 18.4 Å². The Morgan fingerprint density at radius 1 is 1.31 bits per heavy atom. The molecule has 1 aliphatic carbocycles. The van der Waals surface area contributed by atoms with Crippen molar-refractivity contribution in [2.75, 3.05) is 0 Å². The number of rotatable bonds is 4. The lowest BCUT2D eigenvalue weighted by molar-refractivity contribution is -0.126. The Bertz CT molecular complexity index is 219. The van der Waals surface area contributed by atoms with Crippen LogP contribution in [0.25, 0.3) is 0 Å². The molecule has 1 fully saturated rings. The fourth-order valence-corrected chi connectivity index (χ4v) is 1.52. The van der Waals surface area contributed by atoms with Crippen LogP contribution in [0, 0.1) is 0 Å². The van der Waals surface area contributed by atoms with Gasteiger partial charge in [0.1, 0.15) is 5.78 Å². The van der Waals surface area contributed by atoms with Gasteiger partial charge in [-0.2, -0.15) is 0 Å². The Morgan fingerprint density at radius 3 is 2.31 bits per heavy atom. The Hall–Kier alpha value is -0.860. The molecule has 0 aromatic rings. The van der Waals surface area contributed by atoms with Gasteiger partial charge in [0.05, 0.1) is 0 Å². The summed E-state index contributed by atoms with van der Waals surface area (Å²) >= 11 is 0. The van der Waals surface area contributed by atoms with Crippen molar-refractivity contribution in [3.05, 3.63) is 0 Å². The molecule has 0 unspecified atom stereocenters. The highest BCUT2D eigenvalue weighted by molar-refractivity contribution is 5.83. The quantitative estimate of drug-likeness (QED) is 0.716. The number of carbonyl (C=O) groups excluding carboxylic acids is 2. The van der Waals surface area contributed by atoms with Crippen molar-refractivity contribution in [3.63, 3.8) is 0 Å². The second-order valence-corrected chi connectivity index (χ2v) is 4.16. The molecule has 1 amide bonds. The summed E-state index contributed by atoms with van der Waals surface area (Å²) in [7, 11) is 0. The third-order valence-electron chi connectivity index (χ3n) is 2.60. The van der Waals surface area contributed by atoms with E-state index in [0.29, 0.717) is 12.8 Å². The van der Waals surface area contributed by atoms with Crippen molar-refractivity contribution in [1.82, 2.24) is 5.32 Å². The number of nitrogens with one attached hydrogen (secondary N) is 1. The summed E-state index contributed by atoms with van der Waals surface area (Å²) in [5, 5.41) is 2.96. The van der Waals surface area contributed by atoms with Gasteiger partial charge in [0.25, 0.3) is 0 Å². The molecule has 1 saturated carbocycles. The van der Waals surface area contributed by atoms with E-state index in [4.69, 9.17) is 0 Å². The molecule has 0 aliphatic heterocycles. The Morgan fingerprint density at radius 2 is 1.92 bits per heavy atom. The van der Waals surface area contributed by atoms with Gasteiger partial charge in [-0.3, -0.25) is 4.79 Å². The molecule has 3 heteroatoms. The summed E-state index contributed by atoms with van der Waals surface area (Å²) in [6.07, 6.45) is 4.04. The number of hydrogen-bond acceptors (Lipinski definition) is 2. The molecular weight excluding hydrogens is 166 g/mol. The maximum absolute atomic E-state index is 11.3. The molecule has 0 spiro atoms. The number of hydrogen-bond donors (Lipinski definition) is 1. The molecule has 13 heavy (non-hydrogen) atoms. The van der Waals surface area contributed by atoms with E-state index in [-0.39, 0.29) is 17.2 Å². The molecule has 0 bridgehead atoms. The van der Waals surface area contributed by atoms with E-state index in [9.17, 15) is 9.59 Å². The number of amides is 1. The molecule has 1 aliphatic rings. The molecule has 1 rings (SSSR count). The minimum absolute atomic E-state index is 0.0115. The fraction of sp³-hybridized carbons (Fsp3) is 0.800. The fourth-order valence-electron chi connectivity index (χ4n) is 1.52. The van der Waals surface area contributed by atoms with Crippen molar-refractivity contribution >= 4 is 11.7 Å². The van der Waals surface area contributed by atoms with Crippen LogP contribution in [-0.2, 0) is 9.59 Å². The Balaban J connectivity index is 2.21. The van der Waals surface area contributed by atoms with Crippen LogP contribution < -0.4 is 5.32 Å². The third-order valence-corrected chi connectivity index (χ3v) is 2.60. The van der Waals surface area contributed by atoms with Gasteiger partial charge in [-0.15, -0.1) is 0 Å². The first kappa shape index (κ1) is 10.2. The van der Waals surface area contributed by atoms with E-state index in [0.717, 1.165) is 12.8 Å². The largest absolute Gasteiger partial charge is 0.351 e. The summed E-state index contributed by atoms with van der Waals surface area (Å²) in [4.78, 5) is 21.9. The summed E-state index contributed by atoms with van der Waals surface area (Å²) in [5.41, 5.74) is 0.0217. The van der Waals surface area contributed by atoms with E-state index in [1.54, 1.807) is 0 Å². The zero-order valence-corrected chi connectivity index (χ0v) is 8.35. The normalized spacial score (nSPS) is 18.9. The first-order chi connectivity index (χ1) is 6.02. The molecule has 0 radical (unpaired) electrons. The average molecular weight is 183 g/mol. The van der Waals surface area contributed by atoms with Gasteiger partial charge in [-0.05, 0) is 33.1 Å². The molecule has 0 aromatic heterocycles. The first-order valence-corrected chi connectivity index (χ1v) is 4.82. The molecule has 0 heterocycles. The van der Waals surface area contributed by atoms with Crippen LogP contribution >= 0.6 is 0 Å².